The Morgan fingerprint density at radius 1 is 0.655 bits per heavy atom. The van der Waals surface area contributed by atoms with Gasteiger partial charge in [-0.3, -0.25) is 14.1 Å². The molecule has 1 aliphatic rings. The third kappa shape index (κ3) is 28.0. The Balaban J connectivity index is 2.50. The van der Waals surface area contributed by atoms with Crippen molar-refractivity contribution in [3.63, 3.8) is 0 Å². The van der Waals surface area contributed by atoms with Crippen LogP contribution in [-0.2, 0) is 38.7 Å². The molecule has 0 aromatic heterocycles. The minimum atomic E-state index is -4.60. The molecule has 2 unspecified atom stereocenters. The summed E-state index contributed by atoms with van der Waals surface area (Å²) in [5.74, 6) is -2.02. The Bertz CT molecular complexity index is 1180. The lowest BCUT2D eigenvalue weighted by Gasteiger charge is -2.40. The number of carbonyl (C=O) groups is 2. The monoisotopic (exact) mass is 802 g/mol. The van der Waals surface area contributed by atoms with Crippen LogP contribution >= 0.6 is 0 Å². The van der Waals surface area contributed by atoms with Crippen LogP contribution in [0.5, 0.6) is 0 Å². The molecule has 1 fully saturated rings. The van der Waals surface area contributed by atoms with Crippen LogP contribution < -0.4 is 0 Å². The Labute approximate surface area is 331 Å². The van der Waals surface area contributed by atoms with E-state index in [1.807, 2.05) is 0 Å². The third-order valence-electron chi connectivity index (χ3n) is 9.53. The normalized spacial score (nSPS) is 20.6. The zero-order valence-corrected chi connectivity index (χ0v) is 34.6. The van der Waals surface area contributed by atoms with Crippen LogP contribution in [0.3, 0.4) is 0 Å². The first-order valence-corrected chi connectivity index (χ1v) is 22.7. The standard InChI is InChI=1S/C42H74O12S/c1-3-5-7-9-11-13-15-17-18-19-21-22-24-26-28-30-37(43)51-32-35(33-52-42-41(47)40(46)39(45)36(54-42)34-55(48,49)50)53-38(44)31-29-27-25-23-20-16-14-12-10-8-6-4-2/h12,14-15,18,35-36,39-42,45-47H,3-11,13,16,19-34H2,1-2H3,(H,48,49,50)/b14-12+/t17?,35-,36-,39-,40?,41?,42+/m1/s1. The largest absolute Gasteiger partial charge is 0.462 e. The van der Waals surface area contributed by atoms with Gasteiger partial charge in [0.1, 0.15) is 36.8 Å². The number of hydrogen-bond donors (Lipinski definition) is 4. The average molecular weight is 803 g/mol. The van der Waals surface area contributed by atoms with E-state index in [1.54, 1.807) is 0 Å². The molecule has 6 atom stereocenters. The molecule has 1 rings (SSSR count). The van der Waals surface area contributed by atoms with E-state index in [1.165, 1.54) is 51.4 Å². The van der Waals surface area contributed by atoms with Crippen molar-refractivity contribution in [2.24, 2.45) is 0 Å². The Hall–Kier alpha value is -2.09. The molecule has 320 valence electrons. The Morgan fingerprint density at radius 2 is 1.15 bits per heavy atom. The van der Waals surface area contributed by atoms with E-state index < -0.39 is 71.2 Å². The number of hydrogen-bond acceptors (Lipinski definition) is 11. The summed E-state index contributed by atoms with van der Waals surface area (Å²) in [5, 5.41) is 30.8. The number of carbonyl (C=O) groups excluding carboxylic acids is 2. The summed E-state index contributed by atoms with van der Waals surface area (Å²) < 4.78 is 53.9. The minimum Gasteiger partial charge on any atom is -0.462 e. The lowest BCUT2D eigenvalue weighted by atomic mass is 10.00. The van der Waals surface area contributed by atoms with Gasteiger partial charge in [0.25, 0.3) is 10.1 Å². The van der Waals surface area contributed by atoms with E-state index in [9.17, 15) is 37.9 Å². The molecular formula is C42H74O12S. The lowest BCUT2D eigenvalue weighted by Crippen LogP contribution is -2.60. The summed E-state index contributed by atoms with van der Waals surface area (Å²) in [5.41, 5.74) is 3.27. The lowest BCUT2D eigenvalue weighted by molar-refractivity contribution is -0.297. The van der Waals surface area contributed by atoms with E-state index in [-0.39, 0.29) is 19.4 Å². The van der Waals surface area contributed by atoms with Gasteiger partial charge in [0.05, 0.1) is 6.61 Å². The molecule has 4 N–H and O–H groups in total. The van der Waals surface area contributed by atoms with Crippen molar-refractivity contribution in [3.8, 4) is 0 Å². The summed E-state index contributed by atoms with van der Waals surface area (Å²) in [6, 6.07) is 0. The second-order valence-electron chi connectivity index (χ2n) is 14.7. The highest BCUT2D eigenvalue weighted by atomic mass is 32.2. The predicted octanol–water partition coefficient (Wildman–Crippen LogP) is 7.82. The van der Waals surface area contributed by atoms with Gasteiger partial charge in [-0.05, 0) is 76.4 Å². The van der Waals surface area contributed by atoms with Gasteiger partial charge in [-0.1, -0.05) is 103 Å². The highest BCUT2D eigenvalue weighted by Crippen LogP contribution is 2.24. The van der Waals surface area contributed by atoms with Crippen LogP contribution in [0, 0.1) is 0 Å². The molecule has 0 bridgehead atoms. The van der Waals surface area contributed by atoms with E-state index in [2.05, 4.69) is 43.9 Å². The first kappa shape index (κ1) is 50.9. The summed E-state index contributed by atoms with van der Waals surface area (Å²) in [4.78, 5) is 25.3. The fourth-order valence-corrected chi connectivity index (χ4v) is 6.87. The topological polar surface area (TPSA) is 186 Å². The van der Waals surface area contributed by atoms with Crippen molar-refractivity contribution in [2.45, 2.75) is 205 Å². The molecule has 0 aromatic rings. The number of allylic oxidation sites excluding steroid dienone is 3. The van der Waals surface area contributed by atoms with Crippen molar-refractivity contribution in [1.82, 2.24) is 0 Å². The van der Waals surface area contributed by atoms with Gasteiger partial charge in [0.15, 0.2) is 12.4 Å². The predicted molar refractivity (Wildman–Crippen MR) is 214 cm³/mol. The molecule has 0 aliphatic carbocycles. The zero-order chi connectivity index (χ0) is 40.6. The molecule has 1 saturated heterocycles. The van der Waals surface area contributed by atoms with Crippen molar-refractivity contribution in [3.05, 3.63) is 30.0 Å². The van der Waals surface area contributed by atoms with Crippen LogP contribution in [0.1, 0.15) is 168 Å². The SMILES string of the molecule is CCCCC/C=C/CCCCCCCC(=O)O[C@H](COC(=O)CCCCCCCC=C=CCCCCCCC)CO[C@H]1O[C@H](CS(=O)(=O)O)[C@@H](O)C(O)C1O. The number of unbranched alkanes of at least 4 members (excludes halogenated alkanes) is 18. The van der Waals surface area contributed by atoms with E-state index in [0.717, 1.165) is 77.0 Å². The van der Waals surface area contributed by atoms with Crippen LogP contribution in [0.15, 0.2) is 30.0 Å². The smallest absolute Gasteiger partial charge is 0.306 e. The number of aliphatic hydroxyl groups is 3. The van der Waals surface area contributed by atoms with Crippen molar-refractivity contribution >= 4 is 22.1 Å². The third-order valence-corrected chi connectivity index (χ3v) is 10.3. The van der Waals surface area contributed by atoms with Crippen LogP contribution in [0.4, 0.5) is 0 Å². The van der Waals surface area contributed by atoms with E-state index >= 15 is 0 Å². The fourth-order valence-electron chi connectivity index (χ4n) is 6.18. The molecule has 1 heterocycles. The summed E-state index contributed by atoms with van der Waals surface area (Å²) in [6.07, 6.45) is 23.0. The molecular weight excluding hydrogens is 729 g/mol. The fraction of sp³-hybridized carbons (Fsp3) is 0.833. The van der Waals surface area contributed by atoms with Crippen molar-refractivity contribution in [2.75, 3.05) is 19.0 Å². The molecule has 0 radical (unpaired) electrons. The van der Waals surface area contributed by atoms with Gasteiger partial charge < -0.3 is 34.3 Å². The maximum absolute atomic E-state index is 12.7. The zero-order valence-electron chi connectivity index (χ0n) is 33.8. The highest BCUT2D eigenvalue weighted by molar-refractivity contribution is 7.85. The van der Waals surface area contributed by atoms with E-state index in [0.29, 0.717) is 12.8 Å². The quantitative estimate of drug-likeness (QED) is 0.0163. The minimum absolute atomic E-state index is 0.150. The molecule has 0 amide bonds. The van der Waals surface area contributed by atoms with Gasteiger partial charge >= 0.3 is 11.9 Å². The average Bonchev–Trinajstić information content (AvgIpc) is 3.14. The first-order chi connectivity index (χ1) is 26.5. The van der Waals surface area contributed by atoms with Gasteiger partial charge in [-0.15, -0.1) is 5.73 Å². The maximum Gasteiger partial charge on any atom is 0.306 e. The second kappa shape index (κ2) is 32.9. The van der Waals surface area contributed by atoms with Gasteiger partial charge in [-0.2, -0.15) is 8.42 Å². The molecule has 0 spiro atoms. The summed E-state index contributed by atoms with van der Waals surface area (Å²) in [7, 11) is -4.60. The second-order valence-corrected chi connectivity index (χ2v) is 16.2. The molecule has 13 heteroatoms. The number of ether oxygens (including phenoxy) is 4. The molecule has 55 heavy (non-hydrogen) atoms. The molecule has 12 nitrogen and oxygen atoms in total. The van der Waals surface area contributed by atoms with Crippen LogP contribution in [0.2, 0.25) is 0 Å². The van der Waals surface area contributed by atoms with Crippen molar-refractivity contribution < 1.29 is 56.8 Å². The first-order valence-electron chi connectivity index (χ1n) is 21.1. The van der Waals surface area contributed by atoms with Gasteiger partial charge in [0, 0.05) is 12.8 Å². The molecule has 1 aliphatic heterocycles. The molecule has 0 saturated carbocycles. The van der Waals surface area contributed by atoms with Gasteiger partial charge in [-0.25, -0.2) is 0 Å². The highest BCUT2D eigenvalue weighted by Gasteiger charge is 2.46. The van der Waals surface area contributed by atoms with Crippen LogP contribution in [0.25, 0.3) is 0 Å². The number of aliphatic hydroxyl groups excluding tert-OH is 3. The Morgan fingerprint density at radius 3 is 1.73 bits per heavy atom. The maximum atomic E-state index is 12.7. The number of rotatable bonds is 34. The number of esters is 2. The van der Waals surface area contributed by atoms with Crippen molar-refractivity contribution in [1.29, 1.82) is 0 Å². The van der Waals surface area contributed by atoms with Crippen LogP contribution in [-0.4, -0.2) is 96.0 Å². The Kier molecular flexibility index (Phi) is 30.5. The van der Waals surface area contributed by atoms with E-state index in [4.69, 9.17) is 18.9 Å². The van der Waals surface area contributed by atoms with Gasteiger partial charge in [0.2, 0.25) is 0 Å². The summed E-state index contributed by atoms with van der Waals surface area (Å²) in [6.45, 7) is 3.67. The molecule has 0 aromatic carbocycles. The summed E-state index contributed by atoms with van der Waals surface area (Å²) >= 11 is 0.